The third kappa shape index (κ3) is 3.26. The Morgan fingerprint density at radius 1 is 1.29 bits per heavy atom. The molecule has 17 heavy (non-hydrogen) atoms. The normalized spacial score (nSPS) is 10.5. The van der Waals surface area contributed by atoms with Crippen LogP contribution >= 0.6 is 27.3 Å². The van der Waals surface area contributed by atoms with Gasteiger partial charge in [0.2, 0.25) is 5.82 Å². The van der Waals surface area contributed by atoms with E-state index >= 15 is 0 Å². The minimum absolute atomic E-state index is 0.0616. The Labute approximate surface area is 110 Å². The van der Waals surface area contributed by atoms with Gasteiger partial charge in [-0.1, -0.05) is 22.0 Å². The molecule has 2 rings (SSSR count). The summed E-state index contributed by atoms with van der Waals surface area (Å²) in [5.41, 5.74) is 0. The molecule has 0 unspecified atom stereocenters. The molecule has 90 valence electrons. The highest BCUT2D eigenvalue weighted by atomic mass is 79.9. The molecule has 0 saturated heterocycles. The highest BCUT2D eigenvalue weighted by Gasteiger charge is 2.11. The van der Waals surface area contributed by atoms with Crippen LogP contribution in [0.5, 0.6) is 5.75 Å². The summed E-state index contributed by atoms with van der Waals surface area (Å²) in [7, 11) is 0. The maximum absolute atomic E-state index is 13.3. The monoisotopic (exact) mass is 318 g/mol. The first-order valence-electron chi connectivity index (χ1n) is 4.96. The highest BCUT2D eigenvalue weighted by molar-refractivity contribution is 9.10. The van der Waals surface area contributed by atoms with Crippen LogP contribution in [-0.4, -0.2) is 6.61 Å². The third-order valence-corrected chi connectivity index (χ3v) is 3.54. The lowest BCUT2D eigenvalue weighted by atomic mass is 10.3. The van der Waals surface area contributed by atoms with E-state index in [2.05, 4.69) is 15.9 Å². The summed E-state index contributed by atoms with van der Waals surface area (Å²) in [4.78, 5) is 1.15. The number of rotatable bonds is 4. The summed E-state index contributed by atoms with van der Waals surface area (Å²) in [6.07, 6.45) is 0.686. The molecule has 0 aliphatic carbocycles. The summed E-state index contributed by atoms with van der Waals surface area (Å²) in [5, 5.41) is 1.97. The SMILES string of the molecule is Fc1cc(Br)cc(OCCc2cccs2)c1F. The van der Waals surface area contributed by atoms with Crippen LogP contribution in [-0.2, 0) is 6.42 Å². The minimum Gasteiger partial charge on any atom is -0.490 e. The zero-order chi connectivity index (χ0) is 12.3. The maximum Gasteiger partial charge on any atom is 0.200 e. The van der Waals surface area contributed by atoms with E-state index in [1.54, 1.807) is 11.3 Å². The van der Waals surface area contributed by atoms with Gasteiger partial charge >= 0.3 is 0 Å². The standard InChI is InChI=1S/C12H9BrF2OS/c13-8-6-10(14)12(15)11(7-8)16-4-3-9-2-1-5-17-9/h1-2,5-7H,3-4H2. The van der Waals surface area contributed by atoms with Gasteiger partial charge in [-0.05, 0) is 23.6 Å². The molecule has 1 heterocycles. The fourth-order valence-corrected chi connectivity index (χ4v) is 2.45. The second-order valence-electron chi connectivity index (χ2n) is 3.38. The molecule has 0 N–H and O–H groups in total. The van der Waals surface area contributed by atoms with Gasteiger partial charge in [-0.2, -0.15) is 4.39 Å². The molecular weight excluding hydrogens is 310 g/mol. The van der Waals surface area contributed by atoms with Crippen molar-refractivity contribution < 1.29 is 13.5 Å². The Bertz CT molecular complexity index is 499. The Morgan fingerprint density at radius 3 is 2.82 bits per heavy atom. The van der Waals surface area contributed by atoms with Crippen molar-refractivity contribution in [1.29, 1.82) is 0 Å². The van der Waals surface area contributed by atoms with Gasteiger partial charge in [0.05, 0.1) is 6.61 Å². The van der Waals surface area contributed by atoms with Crippen LogP contribution in [0.3, 0.4) is 0 Å². The van der Waals surface area contributed by atoms with E-state index in [0.29, 0.717) is 17.5 Å². The molecule has 5 heteroatoms. The van der Waals surface area contributed by atoms with Gasteiger partial charge in [0.15, 0.2) is 11.6 Å². The van der Waals surface area contributed by atoms with Crippen molar-refractivity contribution in [3.8, 4) is 5.75 Å². The molecule has 1 nitrogen and oxygen atoms in total. The fourth-order valence-electron chi connectivity index (χ4n) is 1.35. The molecule has 0 saturated carbocycles. The van der Waals surface area contributed by atoms with Crippen LogP contribution in [0, 0.1) is 11.6 Å². The molecule has 2 aromatic rings. The zero-order valence-corrected chi connectivity index (χ0v) is 11.2. The Morgan fingerprint density at radius 2 is 2.12 bits per heavy atom. The van der Waals surface area contributed by atoms with Crippen LogP contribution in [0.1, 0.15) is 4.88 Å². The molecule has 1 aromatic heterocycles. The van der Waals surface area contributed by atoms with Crippen LogP contribution in [0.15, 0.2) is 34.1 Å². The first-order chi connectivity index (χ1) is 8.16. The highest BCUT2D eigenvalue weighted by Crippen LogP contribution is 2.25. The maximum atomic E-state index is 13.3. The van der Waals surface area contributed by atoms with Gasteiger partial charge in [0.25, 0.3) is 0 Å². The quantitative estimate of drug-likeness (QED) is 0.759. The number of ether oxygens (including phenoxy) is 1. The number of hydrogen-bond donors (Lipinski definition) is 0. The van der Waals surface area contributed by atoms with Gasteiger partial charge in [-0.3, -0.25) is 0 Å². The van der Waals surface area contributed by atoms with Gasteiger partial charge < -0.3 is 4.74 Å². The van der Waals surface area contributed by atoms with Crippen molar-refractivity contribution in [2.45, 2.75) is 6.42 Å². The van der Waals surface area contributed by atoms with Gasteiger partial charge in [-0.25, -0.2) is 4.39 Å². The molecule has 0 amide bonds. The molecular formula is C12H9BrF2OS. The van der Waals surface area contributed by atoms with Crippen LogP contribution in [0.2, 0.25) is 0 Å². The van der Waals surface area contributed by atoms with E-state index in [-0.39, 0.29) is 5.75 Å². The average Bonchev–Trinajstić information content (AvgIpc) is 2.78. The topological polar surface area (TPSA) is 9.23 Å². The van der Waals surface area contributed by atoms with E-state index in [1.165, 1.54) is 6.07 Å². The summed E-state index contributed by atoms with van der Waals surface area (Å²) in [5.74, 6) is -1.92. The molecule has 0 aliphatic heterocycles. The van der Waals surface area contributed by atoms with E-state index in [9.17, 15) is 8.78 Å². The van der Waals surface area contributed by atoms with Crippen LogP contribution < -0.4 is 4.74 Å². The number of benzene rings is 1. The fraction of sp³-hybridized carbons (Fsp3) is 0.167. The van der Waals surface area contributed by atoms with Crippen molar-refractivity contribution in [3.05, 3.63) is 50.6 Å². The zero-order valence-electron chi connectivity index (χ0n) is 8.75. The van der Waals surface area contributed by atoms with E-state index in [1.807, 2.05) is 17.5 Å². The second kappa shape index (κ2) is 5.60. The summed E-state index contributed by atoms with van der Waals surface area (Å²) >= 11 is 4.70. The summed E-state index contributed by atoms with van der Waals surface area (Å²) < 4.78 is 32.1. The van der Waals surface area contributed by atoms with Gasteiger partial charge in [0, 0.05) is 15.8 Å². The van der Waals surface area contributed by atoms with Crippen LogP contribution in [0.4, 0.5) is 8.78 Å². The van der Waals surface area contributed by atoms with E-state index in [0.717, 1.165) is 10.9 Å². The molecule has 1 aromatic carbocycles. The first kappa shape index (κ1) is 12.5. The van der Waals surface area contributed by atoms with Crippen molar-refractivity contribution in [1.82, 2.24) is 0 Å². The van der Waals surface area contributed by atoms with Crippen molar-refractivity contribution in [3.63, 3.8) is 0 Å². The lowest BCUT2D eigenvalue weighted by Crippen LogP contribution is -2.02. The van der Waals surface area contributed by atoms with Crippen molar-refractivity contribution in [2.24, 2.45) is 0 Å². The van der Waals surface area contributed by atoms with Gasteiger partial charge in [-0.15, -0.1) is 11.3 Å². The Balaban J connectivity index is 1.99. The number of hydrogen-bond acceptors (Lipinski definition) is 2. The number of thiophene rings is 1. The molecule has 0 radical (unpaired) electrons. The van der Waals surface area contributed by atoms with E-state index < -0.39 is 11.6 Å². The Hall–Kier alpha value is -0.940. The van der Waals surface area contributed by atoms with Gasteiger partial charge in [0.1, 0.15) is 0 Å². The van der Waals surface area contributed by atoms with E-state index in [4.69, 9.17) is 4.74 Å². The average molecular weight is 319 g/mol. The lowest BCUT2D eigenvalue weighted by molar-refractivity contribution is 0.299. The van der Waals surface area contributed by atoms with Crippen LogP contribution in [0.25, 0.3) is 0 Å². The smallest absolute Gasteiger partial charge is 0.200 e. The molecule has 0 fully saturated rings. The predicted molar refractivity (Wildman–Crippen MR) is 67.6 cm³/mol. The van der Waals surface area contributed by atoms with Crippen molar-refractivity contribution in [2.75, 3.05) is 6.61 Å². The lowest BCUT2D eigenvalue weighted by Gasteiger charge is -2.07. The Kier molecular flexibility index (Phi) is 4.12. The minimum atomic E-state index is -0.945. The molecule has 0 aliphatic rings. The number of halogens is 3. The summed E-state index contributed by atoms with van der Waals surface area (Å²) in [6.45, 7) is 0.327. The molecule has 0 spiro atoms. The largest absolute Gasteiger partial charge is 0.490 e. The molecule has 0 bridgehead atoms. The van der Waals surface area contributed by atoms with Crippen molar-refractivity contribution >= 4 is 27.3 Å². The third-order valence-electron chi connectivity index (χ3n) is 2.15. The summed E-state index contributed by atoms with van der Waals surface area (Å²) in [6, 6.07) is 6.42. The predicted octanol–water partition coefficient (Wildman–Crippen LogP) is 4.41. The molecule has 0 atom stereocenters. The second-order valence-corrected chi connectivity index (χ2v) is 5.33. The first-order valence-corrected chi connectivity index (χ1v) is 6.64.